The Kier molecular flexibility index (Phi) is 3.53. The molecule has 1 aliphatic carbocycles. The van der Waals surface area contributed by atoms with E-state index in [1.165, 1.54) is 12.0 Å². The lowest BCUT2D eigenvalue weighted by Crippen LogP contribution is -2.59. The zero-order valence-electron chi connectivity index (χ0n) is 13.3. The maximum Gasteiger partial charge on any atom is 0.208 e. The Morgan fingerprint density at radius 3 is 2.73 bits per heavy atom. The number of benzene rings is 1. The van der Waals surface area contributed by atoms with Crippen LogP contribution >= 0.6 is 0 Å². The minimum absolute atomic E-state index is 0.152. The van der Waals surface area contributed by atoms with Crippen molar-refractivity contribution in [2.45, 2.75) is 62.6 Å². The largest absolute Gasteiger partial charge is 0.353 e. The SMILES string of the molecule is CO[C@H]1O[C@]2(C)OO[C@]13CCCC[C@@H]3CC2c1ccccc1. The monoisotopic (exact) mass is 304 g/mol. The molecule has 1 spiro atoms. The fourth-order valence-corrected chi connectivity index (χ4v) is 4.52. The fraction of sp³-hybridized carbons (Fsp3) is 0.667. The first-order valence-electron chi connectivity index (χ1n) is 8.30. The molecule has 1 saturated carbocycles. The lowest BCUT2D eigenvalue weighted by atomic mass is 9.70. The molecular weight excluding hydrogens is 280 g/mol. The molecule has 4 aliphatic rings. The number of hydrogen-bond acceptors (Lipinski definition) is 4. The fourth-order valence-electron chi connectivity index (χ4n) is 4.52. The molecule has 4 nitrogen and oxygen atoms in total. The Bertz CT molecular complexity index is 533. The van der Waals surface area contributed by atoms with Gasteiger partial charge in [0, 0.05) is 13.0 Å². The second kappa shape index (κ2) is 5.31. The summed E-state index contributed by atoms with van der Waals surface area (Å²) in [6.07, 6.45) is 5.12. The first-order chi connectivity index (χ1) is 10.7. The van der Waals surface area contributed by atoms with E-state index in [1.54, 1.807) is 7.11 Å². The van der Waals surface area contributed by atoms with Crippen LogP contribution in [0.5, 0.6) is 0 Å². The van der Waals surface area contributed by atoms with Crippen molar-refractivity contribution in [1.29, 1.82) is 0 Å². The highest BCUT2D eigenvalue weighted by Gasteiger charge is 2.63. The average Bonchev–Trinajstić information content (AvgIpc) is 2.76. The van der Waals surface area contributed by atoms with Crippen LogP contribution in [-0.4, -0.2) is 24.8 Å². The van der Waals surface area contributed by atoms with Gasteiger partial charge in [0.25, 0.3) is 0 Å². The van der Waals surface area contributed by atoms with Gasteiger partial charge < -0.3 is 9.47 Å². The summed E-state index contributed by atoms with van der Waals surface area (Å²) in [5.74, 6) is -0.246. The van der Waals surface area contributed by atoms with Gasteiger partial charge >= 0.3 is 0 Å². The van der Waals surface area contributed by atoms with E-state index < -0.39 is 11.4 Å². The van der Waals surface area contributed by atoms with E-state index in [9.17, 15) is 0 Å². The standard InChI is InChI=1S/C18H24O4/c1-17-15(13-8-4-3-5-9-13)12-14-10-6-7-11-18(14,22-21-17)16(19-2)20-17/h3-5,8-9,14-16H,6-7,10-12H2,1-2H3/t14-,15?,16+,17-,18+/m1/s1. The van der Waals surface area contributed by atoms with Gasteiger partial charge in [0.05, 0.1) is 0 Å². The molecule has 0 amide bonds. The molecule has 0 N–H and O–H groups in total. The molecule has 1 unspecified atom stereocenters. The zero-order valence-corrected chi connectivity index (χ0v) is 13.3. The number of hydrogen-bond donors (Lipinski definition) is 0. The van der Waals surface area contributed by atoms with Gasteiger partial charge in [-0.3, -0.25) is 0 Å². The molecule has 4 fully saturated rings. The maximum atomic E-state index is 6.30. The van der Waals surface area contributed by atoms with Crippen LogP contribution in [0.3, 0.4) is 0 Å². The van der Waals surface area contributed by atoms with Gasteiger partial charge in [-0.05, 0) is 37.7 Å². The first-order valence-corrected chi connectivity index (χ1v) is 8.30. The lowest BCUT2D eigenvalue weighted by molar-refractivity contribution is -0.550. The Hall–Kier alpha value is -0.940. The molecular formula is C18H24O4. The highest BCUT2D eigenvalue weighted by molar-refractivity contribution is 5.23. The third-order valence-corrected chi connectivity index (χ3v) is 5.73. The van der Waals surface area contributed by atoms with Gasteiger partial charge in [-0.2, -0.15) is 4.89 Å². The van der Waals surface area contributed by atoms with Crippen LogP contribution in [0.25, 0.3) is 0 Å². The van der Waals surface area contributed by atoms with Crippen LogP contribution in [-0.2, 0) is 19.2 Å². The Morgan fingerprint density at radius 2 is 1.95 bits per heavy atom. The van der Waals surface area contributed by atoms with Crippen LogP contribution in [0, 0.1) is 5.92 Å². The Labute approximate surface area is 131 Å². The van der Waals surface area contributed by atoms with E-state index in [0.29, 0.717) is 5.92 Å². The number of methoxy groups -OCH3 is 1. The second-order valence-electron chi connectivity index (χ2n) is 6.96. The lowest BCUT2D eigenvalue weighted by Gasteiger charge is -2.49. The van der Waals surface area contributed by atoms with Gasteiger partial charge in [0.15, 0.2) is 11.9 Å². The smallest absolute Gasteiger partial charge is 0.208 e. The van der Waals surface area contributed by atoms with Crippen molar-refractivity contribution in [2.75, 3.05) is 7.11 Å². The maximum absolute atomic E-state index is 6.30. The normalized spacial score (nSPS) is 44.4. The average molecular weight is 304 g/mol. The number of fused-ring (bicyclic) bond motifs is 3. The predicted octanol–water partition coefficient (Wildman–Crippen LogP) is 3.77. The van der Waals surface area contributed by atoms with Gasteiger partial charge in [0.2, 0.25) is 5.79 Å². The quantitative estimate of drug-likeness (QED) is 0.779. The summed E-state index contributed by atoms with van der Waals surface area (Å²) in [4.78, 5) is 11.8. The van der Waals surface area contributed by atoms with Crippen LogP contribution in [0.15, 0.2) is 30.3 Å². The summed E-state index contributed by atoms with van der Waals surface area (Å²) in [5, 5.41) is 0. The molecule has 5 rings (SSSR count). The minimum Gasteiger partial charge on any atom is -0.353 e. The number of rotatable bonds is 2. The summed E-state index contributed by atoms with van der Waals surface area (Å²) in [6, 6.07) is 10.5. The molecule has 22 heavy (non-hydrogen) atoms. The summed E-state index contributed by atoms with van der Waals surface area (Å²) >= 11 is 0. The van der Waals surface area contributed by atoms with Gasteiger partial charge in [-0.1, -0.05) is 43.2 Å². The van der Waals surface area contributed by atoms with E-state index in [1.807, 2.05) is 13.0 Å². The molecule has 5 atom stereocenters. The van der Waals surface area contributed by atoms with Crippen molar-refractivity contribution in [1.82, 2.24) is 0 Å². The molecule has 120 valence electrons. The molecule has 1 aromatic carbocycles. The summed E-state index contributed by atoms with van der Waals surface area (Å²) in [5.41, 5.74) is 0.794. The summed E-state index contributed by atoms with van der Waals surface area (Å²) < 4.78 is 12.0. The molecule has 3 heterocycles. The Morgan fingerprint density at radius 1 is 1.14 bits per heavy atom. The van der Waals surface area contributed by atoms with E-state index >= 15 is 0 Å². The second-order valence-corrected chi connectivity index (χ2v) is 6.96. The molecule has 1 aromatic rings. The highest BCUT2D eigenvalue weighted by atomic mass is 17.3. The molecule has 2 bridgehead atoms. The third kappa shape index (κ3) is 2.05. The van der Waals surface area contributed by atoms with Crippen molar-refractivity contribution in [3.63, 3.8) is 0 Å². The molecule has 3 aliphatic heterocycles. The zero-order chi connectivity index (χ0) is 15.2. The Balaban J connectivity index is 1.77. The minimum atomic E-state index is -0.801. The van der Waals surface area contributed by atoms with E-state index in [-0.39, 0.29) is 12.2 Å². The van der Waals surface area contributed by atoms with Crippen molar-refractivity contribution in [2.24, 2.45) is 5.92 Å². The van der Waals surface area contributed by atoms with Gasteiger partial charge in [-0.25, -0.2) is 4.89 Å². The van der Waals surface area contributed by atoms with Crippen LogP contribution in [0.2, 0.25) is 0 Å². The third-order valence-electron chi connectivity index (χ3n) is 5.73. The van der Waals surface area contributed by atoms with Crippen molar-refractivity contribution < 1.29 is 19.2 Å². The predicted molar refractivity (Wildman–Crippen MR) is 80.9 cm³/mol. The van der Waals surface area contributed by atoms with E-state index in [2.05, 4.69) is 24.3 Å². The van der Waals surface area contributed by atoms with Crippen LogP contribution in [0.4, 0.5) is 0 Å². The van der Waals surface area contributed by atoms with Gasteiger partial charge in [0.1, 0.15) is 0 Å². The molecule has 4 heteroatoms. The topological polar surface area (TPSA) is 36.9 Å². The molecule has 0 radical (unpaired) electrons. The van der Waals surface area contributed by atoms with Crippen LogP contribution < -0.4 is 0 Å². The van der Waals surface area contributed by atoms with Crippen molar-refractivity contribution in [3.8, 4) is 0 Å². The highest BCUT2D eigenvalue weighted by Crippen LogP contribution is 2.56. The van der Waals surface area contributed by atoms with E-state index in [4.69, 9.17) is 19.2 Å². The molecule has 0 aromatic heterocycles. The van der Waals surface area contributed by atoms with E-state index in [0.717, 1.165) is 25.7 Å². The van der Waals surface area contributed by atoms with Crippen molar-refractivity contribution in [3.05, 3.63) is 35.9 Å². The summed E-state index contributed by atoms with van der Waals surface area (Å²) in [6.45, 7) is 1.97. The number of ether oxygens (including phenoxy) is 2. The van der Waals surface area contributed by atoms with Gasteiger partial charge in [-0.15, -0.1) is 0 Å². The first kappa shape index (κ1) is 14.6. The van der Waals surface area contributed by atoms with Crippen LogP contribution in [0.1, 0.15) is 50.5 Å². The summed E-state index contributed by atoms with van der Waals surface area (Å²) in [7, 11) is 1.70. The van der Waals surface area contributed by atoms with Crippen molar-refractivity contribution >= 4 is 0 Å². The molecule has 3 saturated heterocycles.